The number of aliphatic hydroxyl groups excluding tert-OH is 1. The maximum Gasteiger partial charge on any atom is 0.224 e. The van der Waals surface area contributed by atoms with Gasteiger partial charge in [-0.25, -0.2) is 0 Å². The van der Waals surface area contributed by atoms with Crippen molar-refractivity contribution in [3.63, 3.8) is 0 Å². The summed E-state index contributed by atoms with van der Waals surface area (Å²) < 4.78 is 13.3. The minimum absolute atomic E-state index is 0.00551. The third-order valence-corrected chi connectivity index (χ3v) is 12.2. The third-order valence-electron chi connectivity index (χ3n) is 11.9. The molecule has 6 N–H and O–H groups in total. The van der Waals surface area contributed by atoms with Crippen LogP contribution < -0.4 is 16.4 Å². The normalized spacial score (nSPS) is 19.0. The highest BCUT2D eigenvalue weighted by molar-refractivity contribution is 6.30. The van der Waals surface area contributed by atoms with Crippen LogP contribution in [0.1, 0.15) is 98.0 Å². The zero-order valence-corrected chi connectivity index (χ0v) is 35.4. The summed E-state index contributed by atoms with van der Waals surface area (Å²) in [5.74, 6) is -0.0505. The number of para-hydroxylation sites is 2. The Bertz CT molecular complexity index is 2190. The summed E-state index contributed by atoms with van der Waals surface area (Å²) >= 11 is 6.11. The largest absolute Gasteiger partial charge is 0.397 e. The summed E-state index contributed by atoms with van der Waals surface area (Å²) in [6.07, 6.45) is 5.11. The van der Waals surface area contributed by atoms with E-state index in [2.05, 4.69) is 45.9 Å². The molecule has 0 saturated carbocycles. The smallest absolute Gasteiger partial charge is 0.224 e. The van der Waals surface area contributed by atoms with E-state index >= 15 is 0 Å². The van der Waals surface area contributed by atoms with Gasteiger partial charge < -0.3 is 41.0 Å². The standard InChI is InChI=1S/C50H57ClN4O6/c51-41-25-23-40(24-26-41)50(59)27-29-55(30-28-50)33-42-31-46(37-17-15-35(34-56)16-18-37)61-49(60-42)38-21-19-36(20-22-38)43-10-6-5-9-39(43)32-53-47(57)13-3-1-2-4-14-48(58)54-45-12-8-7-11-44(45)52/h5-12,15-26,42,46,49,56,59H,1-4,13-14,27-34,52H2,(H,53,57)(H,54,58)/t42-,46+,49+/m1/s1. The first kappa shape index (κ1) is 44.0. The third kappa shape index (κ3) is 12.1. The maximum absolute atomic E-state index is 12.8. The van der Waals surface area contributed by atoms with Crippen molar-refractivity contribution in [2.24, 2.45) is 0 Å². The molecule has 2 aliphatic heterocycles. The first-order valence-corrected chi connectivity index (χ1v) is 21.8. The Morgan fingerprint density at radius 2 is 1.43 bits per heavy atom. The number of nitrogen functional groups attached to an aromatic ring is 1. The molecule has 11 heteroatoms. The molecule has 0 spiro atoms. The van der Waals surface area contributed by atoms with E-state index in [1.807, 2.05) is 78.9 Å². The number of nitrogens with two attached hydrogens (primary N) is 1. The molecule has 2 amide bonds. The van der Waals surface area contributed by atoms with Crippen molar-refractivity contribution in [1.82, 2.24) is 10.2 Å². The summed E-state index contributed by atoms with van der Waals surface area (Å²) in [7, 11) is 0. The molecule has 5 aromatic carbocycles. The number of likely N-dealkylation sites (tertiary alicyclic amines) is 1. The molecule has 2 saturated heterocycles. The molecule has 5 aromatic rings. The summed E-state index contributed by atoms with van der Waals surface area (Å²) in [5, 5.41) is 27.8. The highest BCUT2D eigenvalue weighted by Crippen LogP contribution is 2.40. The molecule has 0 aliphatic carbocycles. The Kier molecular flexibility index (Phi) is 15.2. The molecular weight excluding hydrogens is 788 g/mol. The number of amides is 2. The summed E-state index contributed by atoms with van der Waals surface area (Å²) in [5.41, 5.74) is 13.0. The first-order chi connectivity index (χ1) is 29.7. The van der Waals surface area contributed by atoms with Crippen LogP contribution in [-0.2, 0) is 37.8 Å². The van der Waals surface area contributed by atoms with Crippen LogP contribution in [0.4, 0.5) is 11.4 Å². The van der Waals surface area contributed by atoms with Crippen LogP contribution in [0.3, 0.4) is 0 Å². The number of nitrogens with zero attached hydrogens (tertiary/aromatic N) is 1. The molecule has 2 fully saturated rings. The van der Waals surface area contributed by atoms with Gasteiger partial charge in [-0.3, -0.25) is 9.59 Å². The van der Waals surface area contributed by atoms with E-state index in [4.69, 9.17) is 26.8 Å². The number of benzene rings is 5. The second-order valence-corrected chi connectivity index (χ2v) is 16.7. The average molecular weight is 845 g/mol. The lowest BCUT2D eigenvalue weighted by Gasteiger charge is -2.42. The maximum atomic E-state index is 12.8. The number of nitrogens with one attached hydrogen (secondary N) is 2. The van der Waals surface area contributed by atoms with Gasteiger partial charge in [-0.15, -0.1) is 0 Å². The zero-order valence-electron chi connectivity index (χ0n) is 34.6. The number of aliphatic hydroxyl groups is 2. The van der Waals surface area contributed by atoms with Crippen LogP contribution in [0, 0.1) is 0 Å². The van der Waals surface area contributed by atoms with Gasteiger partial charge in [0.2, 0.25) is 11.8 Å². The lowest BCUT2D eigenvalue weighted by Crippen LogP contribution is -2.46. The van der Waals surface area contributed by atoms with Gasteiger partial charge in [0, 0.05) is 56.0 Å². The predicted molar refractivity (Wildman–Crippen MR) is 240 cm³/mol. The molecule has 7 rings (SSSR count). The monoisotopic (exact) mass is 844 g/mol. The molecule has 2 aliphatic rings. The van der Waals surface area contributed by atoms with Crippen LogP contribution in [-0.4, -0.2) is 52.7 Å². The number of ether oxygens (including phenoxy) is 2. The molecule has 0 bridgehead atoms. The van der Waals surface area contributed by atoms with Crippen LogP contribution >= 0.6 is 11.6 Å². The second-order valence-electron chi connectivity index (χ2n) is 16.3. The second kappa shape index (κ2) is 21.1. The Hall–Kier alpha value is -5.07. The molecule has 61 heavy (non-hydrogen) atoms. The lowest BCUT2D eigenvalue weighted by molar-refractivity contribution is -0.253. The molecule has 0 unspecified atom stereocenters. The van der Waals surface area contributed by atoms with Gasteiger partial charge in [0.05, 0.1) is 35.8 Å². The quantitative estimate of drug-likeness (QED) is 0.0460. The molecule has 2 heterocycles. The molecular formula is C50H57ClN4O6. The number of hydrogen-bond acceptors (Lipinski definition) is 8. The number of unbranched alkanes of at least 4 members (excludes halogenated alkanes) is 3. The summed E-state index contributed by atoms with van der Waals surface area (Å²) in [6, 6.07) is 39.0. The Morgan fingerprint density at radius 3 is 2.13 bits per heavy atom. The number of halogens is 1. The number of carbonyl (C=O) groups is 2. The van der Waals surface area contributed by atoms with Gasteiger partial charge in [-0.1, -0.05) is 122 Å². The van der Waals surface area contributed by atoms with E-state index in [1.165, 1.54) is 0 Å². The van der Waals surface area contributed by atoms with Crippen molar-refractivity contribution in [1.29, 1.82) is 0 Å². The van der Waals surface area contributed by atoms with Crippen LogP contribution in [0.2, 0.25) is 5.02 Å². The minimum Gasteiger partial charge on any atom is -0.397 e. The highest BCUT2D eigenvalue weighted by Gasteiger charge is 2.37. The van der Waals surface area contributed by atoms with E-state index in [-0.39, 0.29) is 30.6 Å². The van der Waals surface area contributed by atoms with Crippen LogP contribution in [0.5, 0.6) is 0 Å². The fraction of sp³-hybridized carbons (Fsp3) is 0.360. The van der Waals surface area contributed by atoms with E-state index in [0.29, 0.717) is 61.6 Å². The van der Waals surface area contributed by atoms with E-state index < -0.39 is 11.9 Å². The van der Waals surface area contributed by atoms with Crippen molar-refractivity contribution in [2.75, 3.05) is 30.7 Å². The number of carbonyl (C=O) groups excluding carboxylic acids is 2. The van der Waals surface area contributed by atoms with Gasteiger partial charge >= 0.3 is 0 Å². The molecule has 3 atom stereocenters. The predicted octanol–water partition coefficient (Wildman–Crippen LogP) is 9.21. The number of anilines is 2. The van der Waals surface area contributed by atoms with Crippen LogP contribution in [0.15, 0.2) is 121 Å². The first-order valence-electron chi connectivity index (χ1n) is 21.5. The lowest BCUT2D eigenvalue weighted by atomic mass is 9.84. The molecule has 0 aromatic heterocycles. The Balaban J connectivity index is 0.922. The van der Waals surface area contributed by atoms with Crippen LogP contribution in [0.25, 0.3) is 11.1 Å². The molecule has 0 radical (unpaired) electrons. The van der Waals surface area contributed by atoms with Crippen molar-refractivity contribution in [3.05, 3.63) is 154 Å². The number of piperidine rings is 1. The van der Waals surface area contributed by atoms with E-state index in [0.717, 1.165) is 77.7 Å². The van der Waals surface area contributed by atoms with E-state index in [9.17, 15) is 19.8 Å². The Morgan fingerprint density at radius 1 is 0.770 bits per heavy atom. The summed E-state index contributed by atoms with van der Waals surface area (Å²) in [4.78, 5) is 27.5. The highest BCUT2D eigenvalue weighted by atomic mass is 35.5. The number of rotatable bonds is 17. The Labute approximate surface area is 364 Å². The van der Waals surface area contributed by atoms with Gasteiger partial charge in [0.15, 0.2) is 6.29 Å². The van der Waals surface area contributed by atoms with E-state index in [1.54, 1.807) is 12.1 Å². The minimum atomic E-state index is -0.883. The molecule has 320 valence electrons. The molecule has 10 nitrogen and oxygen atoms in total. The number of hydrogen-bond donors (Lipinski definition) is 5. The van der Waals surface area contributed by atoms with Gasteiger partial charge in [0.25, 0.3) is 0 Å². The topological polar surface area (TPSA) is 146 Å². The van der Waals surface area contributed by atoms with Crippen molar-refractivity contribution in [3.8, 4) is 11.1 Å². The van der Waals surface area contributed by atoms with Gasteiger partial charge in [-0.2, -0.15) is 0 Å². The zero-order chi connectivity index (χ0) is 42.6. The van der Waals surface area contributed by atoms with Crippen molar-refractivity contribution < 1.29 is 29.3 Å². The fourth-order valence-corrected chi connectivity index (χ4v) is 8.41. The fourth-order valence-electron chi connectivity index (χ4n) is 8.28. The van der Waals surface area contributed by atoms with Gasteiger partial charge in [-0.05, 0) is 83.3 Å². The van der Waals surface area contributed by atoms with Crippen molar-refractivity contribution in [2.45, 2.75) is 95.0 Å². The summed E-state index contributed by atoms with van der Waals surface area (Å²) in [6.45, 7) is 2.59. The van der Waals surface area contributed by atoms with Crippen molar-refractivity contribution >= 4 is 34.8 Å². The van der Waals surface area contributed by atoms with Gasteiger partial charge in [0.1, 0.15) is 0 Å². The SMILES string of the molecule is Nc1ccccc1NC(=O)CCCCCCC(=O)NCc1ccccc1-c1ccc([C@H]2O[C@@H](CN3CCC(O)(c4ccc(Cl)cc4)CC3)C[C@@H](c3ccc(CO)cc3)O2)cc1. The average Bonchev–Trinajstić information content (AvgIpc) is 3.28.